The van der Waals surface area contributed by atoms with Crippen LogP contribution in [0.3, 0.4) is 0 Å². The van der Waals surface area contributed by atoms with Crippen molar-refractivity contribution in [2.24, 2.45) is 17.6 Å². The number of anilines is 1. The first-order valence-electron chi connectivity index (χ1n) is 7.96. The van der Waals surface area contributed by atoms with Crippen molar-refractivity contribution in [3.63, 3.8) is 0 Å². The summed E-state index contributed by atoms with van der Waals surface area (Å²) in [6, 6.07) is 0. The monoisotopic (exact) mass is 280 g/mol. The minimum absolute atomic E-state index is 0.437. The molecule has 1 saturated heterocycles. The first kappa shape index (κ1) is 15.3. The van der Waals surface area contributed by atoms with Crippen molar-refractivity contribution in [3.8, 4) is 0 Å². The second kappa shape index (κ2) is 7.62. The number of nitrogens with two attached hydrogens (primary N) is 1. The second-order valence-electron chi connectivity index (χ2n) is 6.32. The molecule has 2 N–H and O–H groups in total. The van der Waals surface area contributed by atoms with Crippen LogP contribution in [0.4, 0.5) is 5.95 Å². The molecule has 0 spiro atoms. The summed E-state index contributed by atoms with van der Waals surface area (Å²) in [7, 11) is 0. The van der Waals surface area contributed by atoms with E-state index in [-0.39, 0.29) is 0 Å². The van der Waals surface area contributed by atoms with E-state index in [2.05, 4.69) is 28.9 Å². The fourth-order valence-electron chi connectivity index (χ4n) is 2.90. The molecule has 1 aromatic rings. The van der Waals surface area contributed by atoms with Gasteiger partial charge in [0.25, 0.3) is 5.95 Å². The summed E-state index contributed by atoms with van der Waals surface area (Å²) in [6.07, 6.45) is 6.98. The Kier molecular flexibility index (Phi) is 5.83. The SMILES string of the molecule is CC(C)C[C@H](CN)Cc1nc(N2CCCCCC2)no1. The van der Waals surface area contributed by atoms with Crippen molar-refractivity contribution in [2.45, 2.75) is 52.4 Å². The van der Waals surface area contributed by atoms with Gasteiger partial charge in [-0.2, -0.15) is 4.98 Å². The van der Waals surface area contributed by atoms with Gasteiger partial charge in [0.2, 0.25) is 5.89 Å². The summed E-state index contributed by atoms with van der Waals surface area (Å²) in [5, 5.41) is 4.15. The zero-order valence-electron chi connectivity index (χ0n) is 12.8. The average Bonchev–Trinajstić information content (AvgIpc) is 2.71. The lowest BCUT2D eigenvalue weighted by Gasteiger charge is -2.17. The minimum atomic E-state index is 0.437. The molecule has 0 aliphatic carbocycles. The molecular formula is C15H28N4O. The lowest BCUT2D eigenvalue weighted by molar-refractivity contribution is 0.331. The summed E-state index contributed by atoms with van der Waals surface area (Å²) < 4.78 is 5.41. The molecule has 0 amide bonds. The Morgan fingerprint density at radius 3 is 2.50 bits per heavy atom. The van der Waals surface area contributed by atoms with Crippen molar-refractivity contribution in [1.29, 1.82) is 0 Å². The highest BCUT2D eigenvalue weighted by molar-refractivity contribution is 5.27. The van der Waals surface area contributed by atoms with E-state index in [4.69, 9.17) is 10.3 Å². The van der Waals surface area contributed by atoms with E-state index in [1.165, 1.54) is 25.7 Å². The fourth-order valence-corrected chi connectivity index (χ4v) is 2.90. The number of nitrogens with zero attached hydrogens (tertiary/aromatic N) is 3. The Bertz CT molecular complexity index is 383. The zero-order valence-corrected chi connectivity index (χ0v) is 12.8. The van der Waals surface area contributed by atoms with Gasteiger partial charge in [-0.05, 0) is 42.8 Å². The van der Waals surface area contributed by atoms with Gasteiger partial charge in [-0.1, -0.05) is 26.7 Å². The maximum atomic E-state index is 5.84. The second-order valence-corrected chi connectivity index (χ2v) is 6.32. The first-order valence-corrected chi connectivity index (χ1v) is 7.96. The van der Waals surface area contributed by atoms with Gasteiger partial charge in [-0.15, -0.1) is 0 Å². The molecule has 1 aliphatic rings. The van der Waals surface area contributed by atoms with Crippen LogP contribution in [-0.4, -0.2) is 29.8 Å². The normalized spacial score (nSPS) is 18.3. The Morgan fingerprint density at radius 2 is 1.90 bits per heavy atom. The van der Waals surface area contributed by atoms with Crippen LogP contribution < -0.4 is 10.6 Å². The van der Waals surface area contributed by atoms with Crippen molar-refractivity contribution < 1.29 is 4.52 Å². The summed E-state index contributed by atoms with van der Waals surface area (Å²) in [4.78, 5) is 6.81. The van der Waals surface area contributed by atoms with Gasteiger partial charge >= 0.3 is 0 Å². The van der Waals surface area contributed by atoms with Gasteiger partial charge < -0.3 is 15.2 Å². The molecule has 5 nitrogen and oxygen atoms in total. The zero-order chi connectivity index (χ0) is 14.4. The third-order valence-corrected chi connectivity index (χ3v) is 3.95. The summed E-state index contributed by atoms with van der Waals surface area (Å²) in [5.41, 5.74) is 5.84. The Balaban J connectivity index is 1.93. The molecule has 2 rings (SSSR count). The number of hydrogen-bond donors (Lipinski definition) is 1. The van der Waals surface area contributed by atoms with Crippen molar-refractivity contribution >= 4 is 5.95 Å². The lowest BCUT2D eigenvalue weighted by Crippen LogP contribution is -2.25. The highest BCUT2D eigenvalue weighted by atomic mass is 16.5. The molecule has 114 valence electrons. The molecule has 1 aromatic heterocycles. The molecular weight excluding hydrogens is 252 g/mol. The van der Waals surface area contributed by atoms with E-state index in [1.807, 2.05) is 0 Å². The van der Waals surface area contributed by atoms with Crippen LogP contribution in [0, 0.1) is 11.8 Å². The van der Waals surface area contributed by atoms with Crippen LogP contribution in [-0.2, 0) is 6.42 Å². The molecule has 0 unspecified atom stereocenters. The Morgan fingerprint density at radius 1 is 1.20 bits per heavy atom. The topological polar surface area (TPSA) is 68.2 Å². The number of aromatic nitrogens is 2. The largest absolute Gasteiger partial charge is 0.338 e. The Labute approximate surface area is 121 Å². The Hall–Kier alpha value is -1.10. The molecule has 0 bridgehead atoms. The van der Waals surface area contributed by atoms with E-state index in [9.17, 15) is 0 Å². The molecule has 20 heavy (non-hydrogen) atoms. The summed E-state index contributed by atoms with van der Waals surface area (Å²) in [5.74, 6) is 2.59. The molecule has 1 aliphatic heterocycles. The van der Waals surface area contributed by atoms with Gasteiger partial charge in [-0.25, -0.2) is 0 Å². The van der Waals surface area contributed by atoms with Crippen LogP contribution in [0.2, 0.25) is 0 Å². The van der Waals surface area contributed by atoms with E-state index in [0.29, 0.717) is 18.4 Å². The van der Waals surface area contributed by atoms with Gasteiger partial charge in [0.05, 0.1) is 0 Å². The maximum Gasteiger partial charge on any atom is 0.266 e. The van der Waals surface area contributed by atoms with Crippen molar-refractivity contribution in [2.75, 3.05) is 24.5 Å². The van der Waals surface area contributed by atoms with E-state index in [1.54, 1.807) is 0 Å². The van der Waals surface area contributed by atoms with Crippen LogP contribution >= 0.6 is 0 Å². The predicted molar refractivity (Wildman–Crippen MR) is 80.7 cm³/mol. The van der Waals surface area contributed by atoms with Gasteiger partial charge in [0.15, 0.2) is 0 Å². The number of hydrogen-bond acceptors (Lipinski definition) is 5. The maximum absolute atomic E-state index is 5.84. The average molecular weight is 280 g/mol. The predicted octanol–water partition coefficient (Wildman–Crippen LogP) is 2.61. The quantitative estimate of drug-likeness (QED) is 0.867. The van der Waals surface area contributed by atoms with Gasteiger partial charge in [0.1, 0.15) is 0 Å². The highest BCUT2D eigenvalue weighted by Crippen LogP contribution is 2.19. The molecule has 0 aromatic carbocycles. The van der Waals surface area contributed by atoms with Crippen molar-refractivity contribution in [1.82, 2.24) is 10.1 Å². The van der Waals surface area contributed by atoms with Gasteiger partial charge in [0, 0.05) is 19.5 Å². The smallest absolute Gasteiger partial charge is 0.266 e. The molecule has 1 fully saturated rings. The standard InChI is InChI=1S/C15H28N4O/c1-12(2)9-13(11-16)10-14-17-15(18-20-14)19-7-5-3-4-6-8-19/h12-13H,3-11,16H2,1-2H3/t13-/m0/s1. The molecule has 0 saturated carbocycles. The summed E-state index contributed by atoms with van der Waals surface area (Å²) >= 11 is 0. The van der Waals surface area contributed by atoms with E-state index < -0.39 is 0 Å². The first-order chi connectivity index (χ1) is 9.69. The molecule has 2 heterocycles. The molecule has 0 radical (unpaired) electrons. The molecule has 5 heteroatoms. The summed E-state index contributed by atoms with van der Waals surface area (Å²) in [6.45, 7) is 7.22. The number of rotatable bonds is 6. The van der Waals surface area contributed by atoms with Gasteiger partial charge in [-0.3, -0.25) is 0 Å². The third-order valence-electron chi connectivity index (χ3n) is 3.95. The van der Waals surface area contributed by atoms with Crippen molar-refractivity contribution in [3.05, 3.63) is 5.89 Å². The third kappa shape index (κ3) is 4.47. The van der Waals surface area contributed by atoms with Crippen LogP contribution in [0.1, 0.15) is 51.8 Å². The highest BCUT2D eigenvalue weighted by Gasteiger charge is 2.18. The van der Waals surface area contributed by atoms with Crippen LogP contribution in [0.5, 0.6) is 0 Å². The van der Waals surface area contributed by atoms with E-state index in [0.717, 1.165) is 37.8 Å². The minimum Gasteiger partial charge on any atom is -0.338 e. The van der Waals surface area contributed by atoms with E-state index >= 15 is 0 Å². The van der Waals surface area contributed by atoms with Crippen LogP contribution in [0.15, 0.2) is 4.52 Å². The fraction of sp³-hybridized carbons (Fsp3) is 0.867. The van der Waals surface area contributed by atoms with Crippen LogP contribution in [0.25, 0.3) is 0 Å². The lowest BCUT2D eigenvalue weighted by atomic mass is 9.94. The molecule has 1 atom stereocenters.